The van der Waals surface area contributed by atoms with Gasteiger partial charge in [-0.05, 0) is 57.9 Å². The fourth-order valence-corrected chi connectivity index (χ4v) is 5.49. The van der Waals surface area contributed by atoms with Crippen LogP contribution in [-0.2, 0) is 21.6 Å². The Morgan fingerprint density at radius 3 is 2.61 bits per heavy atom. The molecule has 0 saturated heterocycles. The van der Waals surface area contributed by atoms with Crippen LogP contribution in [0.4, 0.5) is 5.69 Å². The van der Waals surface area contributed by atoms with Crippen molar-refractivity contribution in [2.24, 2.45) is 0 Å². The summed E-state index contributed by atoms with van der Waals surface area (Å²) in [4.78, 5) is 19.1. The van der Waals surface area contributed by atoms with Gasteiger partial charge in [0.05, 0.1) is 11.1 Å². The number of nitrogens with zero attached hydrogens (tertiary/aromatic N) is 2. The number of aryl methyl sites for hydroxylation is 1. The number of hydrogen-bond donors (Lipinski definition) is 0. The number of carbonyl (C=O) groups is 1. The molecule has 5 nitrogen and oxygen atoms in total. The quantitative estimate of drug-likeness (QED) is 0.200. The molecule has 1 unspecified atom stereocenters. The number of hydrogen-bond acceptors (Lipinski definition) is 5. The van der Waals surface area contributed by atoms with Gasteiger partial charge in [-0.1, -0.05) is 63.8 Å². The van der Waals surface area contributed by atoms with E-state index in [4.69, 9.17) is 9.47 Å². The van der Waals surface area contributed by atoms with Gasteiger partial charge in [0.15, 0.2) is 5.75 Å². The monoisotopic (exact) mass is 488 g/mol. The molecule has 0 saturated carbocycles. The lowest BCUT2D eigenvalue weighted by Crippen LogP contribution is -2.60. The third kappa shape index (κ3) is 4.56. The summed E-state index contributed by atoms with van der Waals surface area (Å²) in [6.07, 6.45) is 13.6. The fraction of sp³-hybridized carbons (Fsp3) is 0.484. The third-order valence-electron chi connectivity index (χ3n) is 7.67. The number of aromatic nitrogens is 1. The summed E-state index contributed by atoms with van der Waals surface area (Å²) in [7, 11) is 0. The molecule has 1 spiro atoms. The first-order valence-electron chi connectivity index (χ1n) is 13.3. The molecule has 0 fully saturated rings. The van der Waals surface area contributed by atoms with Crippen molar-refractivity contribution < 1.29 is 14.3 Å². The zero-order valence-electron chi connectivity index (χ0n) is 22.5. The van der Waals surface area contributed by atoms with E-state index < -0.39 is 11.7 Å². The van der Waals surface area contributed by atoms with E-state index in [0.717, 1.165) is 35.5 Å². The van der Waals surface area contributed by atoms with Crippen molar-refractivity contribution in [2.45, 2.75) is 90.9 Å². The van der Waals surface area contributed by atoms with Gasteiger partial charge < -0.3 is 14.4 Å². The number of ether oxygens (including phenoxy) is 2. The van der Waals surface area contributed by atoms with E-state index in [-0.39, 0.29) is 12.0 Å². The first-order chi connectivity index (χ1) is 17.2. The fourth-order valence-electron chi connectivity index (χ4n) is 5.49. The summed E-state index contributed by atoms with van der Waals surface area (Å²) in [6, 6.07) is 8.67. The van der Waals surface area contributed by atoms with Crippen LogP contribution in [0.25, 0.3) is 6.08 Å². The van der Waals surface area contributed by atoms with Gasteiger partial charge in [0.2, 0.25) is 5.72 Å². The van der Waals surface area contributed by atoms with Crippen LogP contribution in [0.15, 0.2) is 48.7 Å². The van der Waals surface area contributed by atoms with Crippen LogP contribution < -0.4 is 9.64 Å². The number of fused-ring (bicyclic) bond motifs is 2. The number of para-hydroxylation sites is 1. The molecule has 2 aromatic rings. The van der Waals surface area contributed by atoms with Gasteiger partial charge >= 0.3 is 5.97 Å². The molecular formula is C31H40N2O3. The minimum absolute atomic E-state index is 0.132. The molecule has 0 bridgehead atoms. The van der Waals surface area contributed by atoms with E-state index in [1.165, 1.54) is 43.4 Å². The topological polar surface area (TPSA) is 51.7 Å². The molecule has 0 amide bonds. The minimum Gasteiger partial charge on any atom is -0.461 e. The third-order valence-corrected chi connectivity index (χ3v) is 7.67. The first-order valence-corrected chi connectivity index (χ1v) is 13.3. The Bertz CT molecular complexity index is 1170. The van der Waals surface area contributed by atoms with Crippen LogP contribution in [0.2, 0.25) is 0 Å². The minimum atomic E-state index is -0.660. The van der Waals surface area contributed by atoms with Crippen molar-refractivity contribution >= 4 is 17.7 Å². The molecular weight excluding hydrogens is 448 g/mol. The average Bonchev–Trinajstić information content (AvgIpc) is 3.04. The van der Waals surface area contributed by atoms with Crippen LogP contribution in [-0.4, -0.2) is 23.2 Å². The Labute approximate surface area is 216 Å². The highest BCUT2D eigenvalue weighted by atomic mass is 16.5. The standard InChI is InChI=1S/C31H40N2O3/c1-7-8-9-10-11-14-19-33-27-16-13-12-15-26(27)30(5,6)31(33)18-17-25-24(21-35-29(34)22(2)3)20-32-23(4)28(25)36-31/h12-13,15-18,20H,2,7-11,14,19,21H2,1,3-6H3. The number of rotatable bonds is 10. The maximum absolute atomic E-state index is 12.0. The molecule has 0 radical (unpaired) electrons. The van der Waals surface area contributed by atoms with E-state index in [1.807, 2.05) is 6.92 Å². The Kier molecular flexibility index (Phi) is 7.58. The second-order valence-electron chi connectivity index (χ2n) is 10.7. The molecule has 1 atom stereocenters. The number of anilines is 1. The molecule has 192 valence electrons. The number of esters is 1. The highest BCUT2D eigenvalue weighted by molar-refractivity contribution is 5.87. The van der Waals surface area contributed by atoms with Gasteiger partial charge in [0.25, 0.3) is 0 Å². The molecule has 1 aromatic heterocycles. The predicted molar refractivity (Wildman–Crippen MR) is 146 cm³/mol. The van der Waals surface area contributed by atoms with E-state index in [0.29, 0.717) is 5.57 Å². The van der Waals surface area contributed by atoms with Gasteiger partial charge in [0.1, 0.15) is 6.61 Å². The van der Waals surface area contributed by atoms with Crippen molar-refractivity contribution in [2.75, 3.05) is 11.4 Å². The van der Waals surface area contributed by atoms with Crippen molar-refractivity contribution in [3.8, 4) is 5.75 Å². The molecule has 3 heterocycles. The van der Waals surface area contributed by atoms with Gasteiger partial charge in [-0.2, -0.15) is 0 Å². The van der Waals surface area contributed by atoms with Gasteiger partial charge in [-0.15, -0.1) is 0 Å². The largest absolute Gasteiger partial charge is 0.461 e. The zero-order valence-corrected chi connectivity index (χ0v) is 22.5. The van der Waals surface area contributed by atoms with Crippen molar-refractivity contribution in [1.82, 2.24) is 4.98 Å². The van der Waals surface area contributed by atoms with Gasteiger partial charge in [-0.25, -0.2) is 4.79 Å². The zero-order chi connectivity index (χ0) is 25.9. The molecule has 2 aliphatic heterocycles. The van der Waals surface area contributed by atoms with Crippen LogP contribution in [0, 0.1) is 6.92 Å². The number of benzene rings is 1. The molecule has 1 aromatic carbocycles. The van der Waals surface area contributed by atoms with Crippen molar-refractivity contribution in [3.05, 3.63) is 71.1 Å². The van der Waals surface area contributed by atoms with E-state index in [1.54, 1.807) is 13.1 Å². The lowest BCUT2D eigenvalue weighted by atomic mass is 9.76. The highest BCUT2D eigenvalue weighted by Gasteiger charge is 2.58. The Hall–Kier alpha value is -3.08. The van der Waals surface area contributed by atoms with E-state index in [9.17, 15) is 4.79 Å². The summed E-state index contributed by atoms with van der Waals surface area (Å²) in [5.74, 6) is 0.356. The molecule has 5 heteroatoms. The SMILES string of the molecule is C=C(C)C(=O)OCc1cnc(C)c2c1C=CC1(O2)N(CCCCCCCC)c2ccccc2C1(C)C. The lowest BCUT2D eigenvalue weighted by molar-refractivity contribution is -0.140. The van der Waals surface area contributed by atoms with Gasteiger partial charge in [-0.3, -0.25) is 4.98 Å². The maximum Gasteiger partial charge on any atom is 0.333 e. The van der Waals surface area contributed by atoms with Crippen LogP contribution in [0.3, 0.4) is 0 Å². The van der Waals surface area contributed by atoms with Crippen molar-refractivity contribution in [3.63, 3.8) is 0 Å². The normalized spacial score (nSPS) is 19.1. The second kappa shape index (κ2) is 10.5. The predicted octanol–water partition coefficient (Wildman–Crippen LogP) is 7.27. The van der Waals surface area contributed by atoms with E-state index in [2.05, 4.69) is 73.7 Å². The van der Waals surface area contributed by atoms with Crippen LogP contribution in [0.1, 0.15) is 88.6 Å². The number of pyridine rings is 1. The molecule has 4 rings (SSSR count). The molecule has 36 heavy (non-hydrogen) atoms. The smallest absolute Gasteiger partial charge is 0.333 e. The number of carbonyl (C=O) groups excluding carboxylic acids is 1. The summed E-state index contributed by atoms with van der Waals surface area (Å²) in [5.41, 5.74) is 4.55. The van der Waals surface area contributed by atoms with Crippen LogP contribution in [0.5, 0.6) is 5.75 Å². The van der Waals surface area contributed by atoms with Crippen LogP contribution >= 0.6 is 0 Å². The maximum atomic E-state index is 12.0. The Morgan fingerprint density at radius 1 is 1.14 bits per heavy atom. The first kappa shape index (κ1) is 26.0. The summed E-state index contributed by atoms with van der Waals surface area (Å²) >= 11 is 0. The molecule has 2 aliphatic rings. The Morgan fingerprint density at radius 2 is 1.86 bits per heavy atom. The highest BCUT2D eigenvalue weighted by Crippen LogP contribution is 2.55. The van der Waals surface area contributed by atoms with Crippen molar-refractivity contribution in [1.29, 1.82) is 0 Å². The summed E-state index contributed by atoms with van der Waals surface area (Å²) in [6.45, 7) is 15.1. The van der Waals surface area contributed by atoms with E-state index >= 15 is 0 Å². The number of unbranched alkanes of at least 4 members (excludes halogenated alkanes) is 5. The lowest BCUT2D eigenvalue weighted by Gasteiger charge is -2.47. The Balaban J connectivity index is 1.66. The molecule has 0 aliphatic carbocycles. The summed E-state index contributed by atoms with van der Waals surface area (Å²) in [5, 5.41) is 0. The second-order valence-corrected chi connectivity index (χ2v) is 10.7. The van der Waals surface area contributed by atoms with Gasteiger partial charge in [0, 0.05) is 35.1 Å². The molecule has 0 N–H and O–H groups in total. The summed E-state index contributed by atoms with van der Waals surface area (Å²) < 4.78 is 12.5. The average molecular weight is 489 g/mol.